The Kier molecular flexibility index (Phi) is 2.97. The molecule has 5 heteroatoms. The fraction of sp³-hybridized carbons (Fsp3) is 0.300. The van der Waals surface area contributed by atoms with Crippen molar-refractivity contribution < 1.29 is 4.74 Å². The van der Waals surface area contributed by atoms with Gasteiger partial charge >= 0.3 is 0 Å². The third-order valence-electron chi connectivity index (χ3n) is 1.85. The number of pyridine rings is 1. The summed E-state index contributed by atoms with van der Waals surface area (Å²) < 4.78 is 5.37. The van der Waals surface area contributed by atoms with E-state index in [1.807, 2.05) is 6.92 Å². The van der Waals surface area contributed by atoms with Gasteiger partial charge in [0, 0.05) is 6.20 Å². The first kappa shape index (κ1) is 10.1. The second-order valence-electron chi connectivity index (χ2n) is 3.03. The van der Waals surface area contributed by atoms with E-state index >= 15 is 0 Å². The summed E-state index contributed by atoms with van der Waals surface area (Å²) in [4.78, 5) is 12.3. The van der Waals surface area contributed by atoms with Crippen LogP contribution in [0.25, 0.3) is 11.0 Å². The predicted molar refractivity (Wildman–Crippen MR) is 58.1 cm³/mol. The Balaban J connectivity index is 2.39. The molecule has 0 saturated heterocycles. The second kappa shape index (κ2) is 4.40. The molecule has 0 amide bonds. The summed E-state index contributed by atoms with van der Waals surface area (Å²) in [6, 6.07) is 1.76. The lowest BCUT2D eigenvalue weighted by molar-refractivity contribution is 0.305. The summed E-state index contributed by atoms with van der Waals surface area (Å²) in [6.07, 6.45) is 4.10. The molecule has 0 aliphatic carbocycles. The van der Waals surface area contributed by atoms with Crippen molar-refractivity contribution in [2.75, 3.05) is 6.61 Å². The van der Waals surface area contributed by atoms with Crippen LogP contribution >= 0.6 is 11.6 Å². The quantitative estimate of drug-likeness (QED) is 0.750. The van der Waals surface area contributed by atoms with E-state index in [9.17, 15) is 0 Å². The summed E-state index contributed by atoms with van der Waals surface area (Å²) in [7, 11) is 0. The Morgan fingerprint density at radius 2 is 2.27 bits per heavy atom. The molecule has 2 aromatic rings. The Morgan fingerprint density at radius 1 is 1.40 bits per heavy atom. The van der Waals surface area contributed by atoms with Crippen LogP contribution in [0.5, 0.6) is 5.88 Å². The molecule has 0 bridgehead atoms. The molecule has 0 N–H and O–H groups in total. The number of nitrogens with zero attached hydrogens (tertiary/aromatic N) is 3. The Hall–Kier alpha value is -1.42. The van der Waals surface area contributed by atoms with E-state index in [0.717, 1.165) is 6.42 Å². The van der Waals surface area contributed by atoms with Gasteiger partial charge in [0.05, 0.1) is 18.3 Å². The van der Waals surface area contributed by atoms with Crippen LogP contribution in [0.4, 0.5) is 0 Å². The summed E-state index contributed by atoms with van der Waals surface area (Å²) in [5.41, 5.74) is 1.30. The standard InChI is InChI=1S/C10H10ClN3O/c1-2-5-15-8-6-13-9-7(14-8)3-4-12-10(9)11/h3-4,6H,2,5H2,1H3. The van der Waals surface area contributed by atoms with Gasteiger partial charge in [-0.2, -0.15) is 0 Å². The first-order valence-corrected chi connectivity index (χ1v) is 5.09. The predicted octanol–water partition coefficient (Wildman–Crippen LogP) is 2.47. The number of rotatable bonds is 3. The summed E-state index contributed by atoms with van der Waals surface area (Å²) >= 11 is 5.86. The van der Waals surface area contributed by atoms with Crippen LogP contribution in [0.3, 0.4) is 0 Å². The van der Waals surface area contributed by atoms with E-state index in [2.05, 4.69) is 15.0 Å². The second-order valence-corrected chi connectivity index (χ2v) is 3.38. The smallest absolute Gasteiger partial charge is 0.232 e. The SMILES string of the molecule is CCCOc1cnc2c(Cl)nccc2n1. The van der Waals surface area contributed by atoms with Crippen LogP contribution in [0.1, 0.15) is 13.3 Å². The summed E-state index contributed by atoms with van der Waals surface area (Å²) in [5, 5.41) is 0.363. The lowest BCUT2D eigenvalue weighted by Gasteiger charge is -2.03. The highest BCUT2D eigenvalue weighted by atomic mass is 35.5. The van der Waals surface area contributed by atoms with Gasteiger partial charge in [0.1, 0.15) is 5.52 Å². The fourth-order valence-electron chi connectivity index (χ4n) is 1.17. The monoisotopic (exact) mass is 223 g/mol. The van der Waals surface area contributed by atoms with Gasteiger partial charge in [0.15, 0.2) is 5.15 Å². The van der Waals surface area contributed by atoms with E-state index in [-0.39, 0.29) is 0 Å². The van der Waals surface area contributed by atoms with Crippen LogP contribution in [-0.2, 0) is 0 Å². The zero-order valence-corrected chi connectivity index (χ0v) is 9.03. The number of hydrogen-bond acceptors (Lipinski definition) is 4. The van der Waals surface area contributed by atoms with Crippen LogP contribution in [-0.4, -0.2) is 21.6 Å². The first-order chi connectivity index (χ1) is 7.31. The van der Waals surface area contributed by atoms with E-state index in [1.165, 1.54) is 0 Å². The van der Waals surface area contributed by atoms with Crippen molar-refractivity contribution in [2.45, 2.75) is 13.3 Å². The average Bonchev–Trinajstić information content (AvgIpc) is 2.26. The molecule has 0 unspecified atom stereocenters. The molecule has 0 aliphatic heterocycles. The molecule has 2 aromatic heterocycles. The maximum absolute atomic E-state index is 5.86. The van der Waals surface area contributed by atoms with Gasteiger partial charge in [0.2, 0.25) is 5.88 Å². The molecule has 0 radical (unpaired) electrons. The van der Waals surface area contributed by atoms with Crippen LogP contribution in [0, 0.1) is 0 Å². The van der Waals surface area contributed by atoms with Crippen molar-refractivity contribution in [2.24, 2.45) is 0 Å². The van der Waals surface area contributed by atoms with Gasteiger partial charge < -0.3 is 4.74 Å². The molecule has 2 heterocycles. The van der Waals surface area contributed by atoms with Crippen LogP contribution in [0.2, 0.25) is 5.15 Å². The van der Waals surface area contributed by atoms with Gasteiger partial charge in [0.25, 0.3) is 0 Å². The lowest BCUT2D eigenvalue weighted by atomic mass is 10.4. The number of halogens is 1. The zero-order valence-electron chi connectivity index (χ0n) is 8.27. The van der Waals surface area contributed by atoms with Crippen LogP contribution < -0.4 is 4.74 Å². The maximum atomic E-state index is 5.86. The highest BCUT2D eigenvalue weighted by Gasteiger charge is 2.04. The first-order valence-electron chi connectivity index (χ1n) is 4.71. The molecule has 0 aliphatic rings. The molecule has 0 fully saturated rings. The number of ether oxygens (including phenoxy) is 1. The highest BCUT2D eigenvalue weighted by molar-refractivity contribution is 6.33. The zero-order chi connectivity index (χ0) is 10.7. The van der Waals surface area contributed by atoms with Gasteiger partial charge in [-0.15, -0.1) is 0 Å². The van der Waals surface area contributed by atoms with Crippen molar-refractivity contribution in [3.05, 3.63) is 23.6 Å². The minimum Gasteiger partial charge on any atom is -0.477 e. The van der Waals surface area contributed by atoms with Gasteiger partial charge in [-0.25, -0.2) is 15.0 Å². The van der Waals surface area contributed by atoms with E-state index < -0.39 is 0 Å². The average molecular weight is 224 g/mol. The van der Waals surface area contributed by atoms with Crippen molar-refractivity contribution >= 4 is 22.6 Å². The molecular weight excluding hydrogens is 214 g/mol. The third-order valence-corrected chi connectivity index (χ3v) is 2.12. The van der Waals surface area contributed by atoms with Crippen molar-refractivity contribution in [1.29, 1.82) is 0 Å². The summed E-state index contributed by atoms with van der Waals surface area (Å²) in [6.45, 7) is 2.67. The number of fused-ring (bicyclic) bond motifs is 1. The highest BCUT2D eigenvalue weighted by Crippen LogP contribution is 2.18. The van der Waals surface area contributed by atoms with Crippen LogP contribution in [0.15, 0.2) is 18.5 Å². The molecule has 78 valence electrons. The van der Waals surface area contributed by atoms with Gasteiger partial charge in [-0.3, -0.25) is 0 Å². The van der Waals surface area contributed by atoms with Crippen molar-refractivity contribution in [3.8, 4) is 5.88 Å². The minimum atomic E-state index is 0.363. The van der Waals surface area contributed by atoms with E-state index in [4.69, 9.17) is 16.3 Å². The molecule has 4 nitrogen and oxygen atoms in total. The van der Waals surface area contributed by atoms with Crippen molar-refractivity contribution in [3.63, 3.8) is 0 Å². The van der Waals surface area contributed by atoms with Gasteiger partial charge in [-0.1, -0.05) is 18.5 Å². The normalized spacial score (nSPS) is 10.5. The van der Waals surface area contributed by atoms with Crippen molar-refractivity contribution in [1.82, 2.24) is 15.0 Å². The summed E-state index contributed by atoms with van der Waals surface area (Å²) in [5.74, 6) is 0.520. The number of hydrogen-bond donors (Lipinski definition) is 0. The molecular formula is C10H10ClN3O. The van der Waals surface area contributed by atoms with E-state index in [1.54, 1.807) is 18.5 Å². The Morgan fingerprint density at radius 3 is 3.07 bits per heavy atom. The lowest BCUT2D eigenvalue weighted by Crippen LogP contribution is -1.98. The van der Waals surface area contributed by atoms with Gasteiger partial charge in [-0.05, 0) is 12.5 Å². The largest absolute Gasteiger partial charge is 0.477 e. The molecule has 0 aromatic carbocycles. The molecule has 0 spiro atoms. The molecule has 0 saturated carbocycles. The fourth-order valence-corrected chi connectivity index (χ4v) is 1.37. The molecule has 0 atom stereocenters. The number of aromatic nitrogens is 3. The molecule has 15 heavy (non-hydrogen) atoms. The maximum Gasteiger partial charge on any atom is 0.232 e. The minimum absolute atomic E-state index is 0.363. The Bertz CT molecular complexity index is 475. The molecule has 2 rings (SSSR count). The topological polar surface area (TPSA) is 47.9 Å². The van der Waals surface area contributed by atoms with E-state index in [0.29, 0.717) is 28.7 Å². The third kappa shape index (κ3) is 2.15. The Labute approximate surface area is 92.3 Å².